The highest BCUT2D eigenvalue weighted by Gasteiger charge is 2.12. The van der Waals surface area contributed by atoms with E-state index in [2.05, 4.69) is 38.2 Å². The van der Waals surface area contributed by atoms with E-state index >= 15 is 0 Å². The van der Waals surface area contributed by atoms with Crippen LogP contribution >= 0.6 is 11.6 Å². The minimum atomic E-state index is 0.372. The van der Waals surface area contributed by atoms with Gasteiger partial charge in [0, 0.05) is 17.1 Å². The number of unbranched alkanes of at least 4 members (excludes halogenated alkanes) is 1. The first-order valence-electron chi connectivity index (χ1n) is 7.18. The second-order valence-corrected chi connectivity index (χ2v) is 5.51. The molecule has 0 aliphatic heterocycles. The van der Waals surface area contributed by atoms with Crippen molar-refractivity contribution in [2.75, 3.05) is 0 Å². The van der Waals surface area contributed by atoms with Crippen molar-refractivity contribution in [1.82, 2.24) is 5.32 Å². The third-order valence-corrected chi connectivity index (χ3v) is 3.61. The molecule has 1 rings (SSSR count). The third-order valence-electron chi connectivity index (χ3n) is 3.38. The zero-order chi connectivity index (χ0) is 13.4. The summed E-state index contributed by atoms with van der Waals surface area (Å²) < 4.78 is 0. The van der Waals surface area contributed by atoms with E-state index in [1.165, 1.54) is 37.7 Å². The molecule has 0 fully saturated rings. The van der Waals surface area contributed by atoms with Gasteiger partial charge in [-0.15, -0.1) is 0 Å². The predicted molar refractivity (Wildman–Crippen MR) is 81.2 cm³/mol. The maximum Gasteiger partial charge on any atom is 0.0409 e. The van der Waals surface area contributed by atoms with Gasteiger partial charge in [-0.2, -0.15) is 0 Å². The molecule has 0 aliphatic carbocycles. The fraction of sp³-hybridized carbons (Fsp3) is 0.625. The zero-order valence-corrected chi connectivity index (χ0v) is 12.6. The van der Waals surface area contributed by atoms with E-state index in [1.807, 2.05) is 12.1 Å². The van der Waals surface area contributed by atoms with Crippen LogP contribution in [0.1, 0.15) is 64.5 Å². The van der Waals surface area contributed by atoms with Crippen molar-refractivity contribution in [2.24, 2.45) is 0 Å². The first kappa shape index (κ1) is 15.5. The number of nitrogens with one attached hydrogen (secondary N) is 1. The molecule has 102 valence electrons. The van der Waals surface area contributed by atoms with Crippen LogP contribution in [0.2, 0.25) is 5.02 Å². The van der Waals surface area contributed by atoms with Crippen molar-refractivity contribution >= 4 is 11.6 Å². The van der Waals surface area contributed by atoms with Crippen LogP contribution in [0, 0.1) is 0 Å². The predicted octanol–water partition coefficient (Wildman–Crippen LogP) is 5.35. The maximum absolute atomic E-state index is 6.04. The Morgan fingerprint density at radius 3 is 2.56 bits per heavy atom. The smallest absolute Gasteiger partial charge is 0.0409 e. The van der Waals surface area contributed by atoms with Crippen LogP contribution in [0.15, 0.2) is 24.3 Å². The first-order chi connectivity index (χ1) is 8.67. The summed E-state index contributed by atoms with van der Waals surface area (Å²) in [6.45, 7) is 6.73. The van der Waals surface area contributed by atoms with Crippen molar-refractivity contribution in [3.05, 3.63) is 34.9 Å². The Bertz CT molecular complexity index is 338. The fourth-order valence-electron chi connectivity index (χ4n) is 2.34. The van der Waals surface area contributed by atoms with E-state index in [0.29, 0.717) is 12.1 Å². The summed E-state index contributed by atoms with van der Waals surface area (Å²) >= 11 is 6.04. The largest absolute Gasteiger partial charge is 0.307 e. The van der Waals surface area contributed by atoms with Crippen molar-refractivity contribution in [1.29, 1.82) is 0 Å². The van der Waals surface area contributed by atoms with Gasteiger partial charge in [0.1, 0.15) is 0 Å². The Morgan fingerprint density at radius 2 is 1.94 bits per heavy atom. The van der Waals surface area contributed by atoms with Gasteiger partial charge in [0.25, 0.3) is 0 Å². The molecule has 0 saturated heterocycles. The monoisotopic (exact) mass is 267 g/mol. The molecule has 0 aliphatic rings. The highest BCUT2D eigenvalue weighted by Crippen LogP contribution is 2.19. The van der Waals surface area contributed by atoms with Gasteiger partial charge >= 0.3 is 0 Å². The summed E-state index contributed by atoms with van der Waals surface area (Å²) in [5.74, 6) is 0. The van der Waals surface area contributed by atoms with E-state index in [0.717, 1.165) is 5.02 Å². The third kappa shape index (κ3) is 5.41. The summed E-state index contributed by atoms with van der Waals surface area (Å²) in [6.07, 6.45) is 6.34. The van der Waals surface area contributed by atoms with Crippen LogP contribution in [-0.2, 0) is 0 Å². The molecular weight excluding hydrogens is 242 g/mol. The Balaban J connectivity index is 2.56. The Morgan fingerprint density at radius 1 is 1.17 bits per heavy atom. The van der Waals surface area contributed by atoms with E-state index in [1.54, 1.807) is 0 Å². The molecule has 0 heterocycles. The van der Waals surface area contributed by atoms with Crippen LogP contribution < -0.4 is 5.32 Å². The van der Waals surface area contributed by atoms with E-state index < -0.39 is 0 Å². The SMILES string of the molecule is CCCCC(CCC)NC(C)c1cccc(Cl)c1. The van der Waals surface area contributed by atoms with Crippen molar-refractivity contribution in [2.45, 2.75) is 65.0 Å². The van der Waals surface area contributed by atoms with Crippen LogP contribution in [-0.4, -0.2) is 6.04 Å². The molecule has 2 atom stereocenters. The molecule has 2 unspecified atom stereocenters. The minimum Gasteiger partial charge on any atom is -0.307 e. The normalized spacial score (nSPS) is 14.4. The van der Waals surface area contributed by atoms with Gasteiger partial charge in [-0.3, -0.25) is 0 Å². The molecule has 1 aromatic rings. The van der Waals surface area contributed by atoms with Crippen LogP contribution in [0.3, 0.4) is 0 Å². The molecule has 0 radical (unpaired) electrons. The van der Waals surface area contributed by atoms with Gasteiger partial charge in [-0.05, 0) is 37.5 Å². The maximum atomic E-state index is 6.04. The van der Waals surface area contributed by atoms with Crippen LogP contribution in [0.5, 0.6) is 0 Å². The molecular formula is C16H26ClN. The lowest BCUT2D eigenvalue weighted by Gasteiger charge is -2.23. The molecule has 1 nitrogen and oxygen atoms in total. The molecule has 0 saturated carbocycles. The number of rotatable bonds is 8. The second-order valence-electron chi connectivity index (χ2n) is 5.07. The molecule has 0 bridgehead atoms. The second kappa shape index (κ2) is 8.55. The summed E-state index contributed by atoms with van der Waals surface area (Å²) in [5, 5.41) is 4.56. The quantitative estimate of drug-likeness (QED) is 0.669. The number of hydrogen-bond donors (Lipinski definition) is 1. The standard InChI is InChI=1S/C16H26ClN/c1-4-6-11-16(8-5-2)18-13(3)14-9-7-10-15(17)12-14/h7,9-10,12-13,16,18H,4-6,8,11H2,1-3H3. The number of benzene rings is 1. The number of halogens is 1. The van der Waals surface area contributed by atoms with Crippen LogP contribution in [0.25, 0.3) is 0 Å². The molecule has 0 amide bonds. The van der Waals surface area contributed by atoms with Gasteiger partial charge in [0.2, 0.25) is 0 Å². The van der Waals surface area contributed by atoms with Gasteiger partial charge in [-0.25, -0.2) is 0 Å². The lowest BCUT2D eigenvalue weighted by molar-refractivity contribution is 0.396. The summed E-state index contributed by atoms with van der Waals surface area (Å²) in [4.78, 5) is 0. The topological polar surface area (TPSA) is 12.0 Å². The summed E-state index contributed by atoms with van der Waals surface area (Å²) in [6, 6.07) is 9.16. The molecule has 0 spiro atoms. The van der Waals surface area contributed by atoms with Crippen molar-refractivity contribution < 1.29 is 0 Å². The highest BCUT2D eigenvalue weighted by atomic mass is 35.5. The Labute approximate surface area is 117 Å². The Hall–Kier alpha value is -0.530. The summed E-state index contributed by atoms with van der Waals surface area (Å²) in [5.41, 5.74) is 1.28. The molecule has 18 heavy (non-hydrogen) atoms. The fourth-order valence-corrected chi connectivity index (χ4v) is 2.53. The molecule has 0 aromatic heterocycles. The lowest BCUT2D eigenvalue weighted by Crippen LogP contribution is -2.31. The molecule has 2 heteroatoms. The average molecular weight is 268 g/mol. The summed E-state index contributed by atoms with van der Waals surface area (Å²) in [7, 11) is 0. The van der Waals surface area contributed by atoms with E-state index in [-0.39, 0.29) is 0 Å². The molecule has 1 N–H and O–H groups in total. The average Bonchev–Trinajstić information content (AvgIpc) is 2.36. The zero-order valence-electron chi connectivity index (χ0n) is 11.9. The Kier molecular flexibility index (Phi) is 7.38. The lowest BCUT2D eigenvalue weighted by atomic mass is 10.0. The van der Waals surface area contributed by atoms with E-state index in [4.69, 9.17) is 11.6 Å². The first-order valence-corrected chi connectivity index (χ1v) is 7.56. The highest BCUT2D eigenvalue weighted by molar-refractivity contribution is 6.30. The number of hydrogen-bond acceptors (Lipinski definition) is 1. The van der Waals surface area contributed by atoms with Gasteiger partial charge < -0.3 is 5.32 Å². The van der Waals surface area contributed by atoms with Crippen molar-refractivity contribution in [3.63, 3.8) is 0 Å². The van der Waals surface area contributed by atoms with Gasteiger partial charge in [0.05, 0.1) is 0 Å². The van der Waals surface area contributed by atoms with Gasteiger partial charge in [0.15, 0.2) is 0 Å². The molecule has 1 aromatic carbocycles. The van der Waals surface area contributed by atoms with E-state index in [9.17, 15) is 0 Å². The minimum absolute atomic E-state index is 0.372. The van der Waals surface area contributed by atoms with Gasteiger partial charge in [-0.1, -0.05) is 56.8 Å². The van der Waals surface area contributed by atoms with Crippen molar-refractivity contribution in [3.8, 4) is 0 Å². The van der Waals surface area contributed by atoms with Crippen LogP contribution in [0.4, 0.5) is 0 Å².